The third-order valence-corrected chi connectivity index (χ3v) is 5.70. The number of hydrogen-bond donors (Lipinski definition) is 0. The van der Waals surface area contributed by atoms with E-state index in [0.717, 1.165) is 16.7 Å². The van der Waals surface area contributed by atoms with Crippen LogP contribution in [0.1, 0.15) is 37.4 Å². The number of imide groups is 1. The van der Waals surface area contributed by atoms with Gasteiger partial charge in [-0.2, -0.15) is 0 Å². The Bertz CT molecular complexity index is 1090. The van der Waals surface area contributed by atoms with E-state index in [-0.39, 0.29) is 11.8 Å². The van der Waals surface area contributed by atoms with E-state index in [4.69, 9.17) is 0 Å². The molecule has 1 aliphatic heterocycles. The van der Waals surface area contributed by atoms with E-state index in [2.05, 4.69) is 0 Å². The van der Waals surface area contributed by atoms with E-state index in [1.54, 1.807) is 24.3 Å². The maximum absolute atomic E-state index is 13.7. The first kappa shape index (κ1) is 18.1. The highest BCUT2D eigenvalue weighted by atomic mass is 16.2. The van der Waals surface area contributed by atoms with Crippen molar-refractivity contribution in [2.75, 3.05) is 0 Å². The first-order valence-electron chi connectivity index (χ1n) is 9.89. The van der Waals surface area contributed by atoms with E-state index in [1.807, 2.05) is 91.0 Å². The zero-order valence-corrected chi connectivity index (χ0v) is 16.2. The van der Waals surface area contributed by atoms with E-state index in [0.29, 0.717) is 11.1 Å². The highest BCUT2D eigenvalue weighted by Crippen LogP contribution is 2.46. The van der Waals surface area contributed by atoms with E-state index < -0.39 is 5.54 Å². The minimum atomic E-state index is -1.09. The maximum Gasteiger partial charge on any atom is 0.262 e. The van der Waals surface area contributed by atoms with Crippen LogP contribution < -0.4 is 0 Å². The zero-order valence-electron chi connectivity index (χ0n) is 16.2. The molecule has 144 valence electrons. The van der Waals surface area contributed by atoms with Gasteiger partial charge < -0.3 is 0 Å². The molecule has 3 nitrogen and oxygen atoms in total. The number of benzene rings is 4. The first-order chi connectivity index (χ1) is 14.7. The lowest BCUT2D eigenvalue weighted by molar-refractivity contribution is 0.0531. The Kier molecular flexibility index (Phi) is 4.29. The van der Waals surface area contributed by atoms with Crippen molar-refractivity contribution < 1.29 is 9.59 Å². The summed E-state index contributed by atoms with van der Waals surface area (Å²) in [7, 11) is 0. The molecule has 0 fully saturated rings. The van der Waals surface area contributed by atoms with Gasteiger partial charge >= 0.3 is 0 Å². The molecule has 1 aliphatic rings. The quantitative estimate of drug-likeness (QED) is 0.352. The lowest BCUT2D eigenvalue weighted by atomic mass is 9.75. The number of nitrogens with zero attached hydrogens (tertiary/aromatic N) is 1. The number of rotatable bonds is 4. The largest absolute Gasteiger partial charge is 0.269 e. The molecule has 0 aromatic heterocycles. The minimum Gasteiger partial charge on any atom is -0.269 e. The molecule has 0 radical (unpaired) electrons. The van der Waals surface area contributed by atoms with E-state index in [1.165, 1.54) is 4.90 Å². The fraction of sp³-hybridized carbons (Fsp3) is 0.0370. The van der Waals surface area contributed by atoms with Crippen molar-refractivity contribution in [1.82, 2.24) is 4.90 Å². The van der Waals surface area contributed by atoms with Crippen LogP contribution in [0.25, 0.3) is 0 Å². The number of amides is 2. The van der Waals surface area contributed by atoms with Gasteiger partial charge in [0.05, 0.1) is 11.1 Å². The Balaban J connectivity index is 1.89. The summed E-state index contributed by atoms with van der Waals surface area (Å²) in [5.41, 5.74) is 2.37. The standard InChI is InChI=1S/C27H19NO2/c29-25-23-18-10-11-19-24(23)26(30)28(25)27(20-12-4-1-5-13-20,21-14-6-2-7-15-21)22-16-8-3-9-17-22/h1-19H. The third-order valence-electron chi connectivity index (χ3n) is 5.70. The average Bonchev–Trinajstić information content (AvgIpc) is 3.08. The van der Waals surface area contributed by atoms with Gasteiger partial charge in [-0.05, 0) is 28.8 Å². The van der Waals surface area contributed by atoms with Crippen LogP contribution in [0.5, 0.6) is 0 Å². The minimum absolute atomic E-state index is 0.285. The number of hydrogen-bond acceptors (Lipinski definition) is 2. The normalized spacial score (nSPS) is 13.4. The second-order valence-corrected chi connectivity index (χ2v) is 7.30. The molecule has 0 saturated heterocycles. The van der Waals surface area contributed by atoms with Crippen LogP contribution in [0.4, 0.5) is 0 Å². The number of carbonyl (C=O) groups is 2. The van der Waals surface area contributed by atoms with Crippen LogP contribution in [0.3, 0.4) is 0 Å². The van der Waals surface area contributed by atoms with Gasteiger partial charge in [-0.25, -0.2) is 0 Å². The molecule has 3 heteroatoms. The molecule has 0 unspecified atom stereocenters. The van der Waals surface area contributed by atoms with Crippen molar-refractivity contribution in [3.8, 4) is 0 Å². The lowest BCUT2D eigenvalue weighted by Gasteiger charge is -2.42. The Morgan fingerprint density at radius 3 is 1.07 bits per heavy atom. The summed E-state index contributed by atoms with van der Waals surface area (Å²) in [4.78, 5) is 28.8. The molecule has 1 heterocycles. The molecule has 5 rings (SSSR count). The molecule has 0 bridgehead atoms. The Labute approximate surface area is 175 Å². The topological polar surface area (TPSA) is 37.4 Å². The Morgan fingerprint density at radius 2 is 0.733 bits per heavy atom. The van der Waals surface area contributed by atoms with E-state index in [9.17, 15) is 9.59 Å². The van der Waals surface area contributed by atoms with Crippen molar-refractivity contribution in [2.45, 2.75) is 5.54 Å². The predicted molar refractivity (Wildman–Crippen MR) is 116 cm³/mol. The molecule has 0 N–H and O–H groups in total. The molecular weight excluding hydrogens is 370 g/mol. The molecule has 2 amide bonds. The molecular formula is C27H19NO2. The second kappa shape index (κ2) is 7.12. The summed E-state index contributed by atoms with van der Waals surface area (Å²) in [6.45, 7) is 0. The highest BCUT2D eigenvalue weighted by Gasteiger charge is 2.52. The molecule has 0 spiro atoms. The molecule has 0 atom stereocenters. The van der Waals surface area contributed by atoms with Crippen LogP contribution in [0.15, 0.2) is 115 Å². The van der Waals surface area contributed by atoms with Gasteiger partial charge in [0.1, 0.15) is 5.54 Å². The van der Waals surface area contributed by atoms with Gasteiger partial charge in [-0.1, -0.05) is 103 Å². The summed E-state index contributed by atoms with van der Waals surface area (Å²) >= 11 is 0. The van der Waals surface area contributed by atoms with Crippen molar-refractivity contribution >= 4 is 11.8 Å². The second-order valence-electron chi connectivity index (χ2n) is 7.30. The van der Waals surface area contributed by atoms with Crippen LogP contribution in [0, 0.1) is 0 Å². The Hall–Kier alpha value is -3.98. The third kappa shape index (κ3) is 2.52. The van der Waals surface area contributed by atoms with Crippen LogP contribution in [-0.4, -0.2) is 16.7 Å². The summed E-state index contributed by atoms with van der Waals surface area (Å²) in [5, 5.41) is 0. The number of fused-ring (bicyclic) bond motifs is 1. The molecule has 30 heavy (non-hydrogen) atoms. The van der Waals surface area contributed by atoms with Gasteiger partial charge in [0, 0.05) is 0 Å². The summed E-state index contributed by atoms with van der Waals surface area (Å²) in [6, 6.07) is 36.3. The van der Waals surface area contributed by atoms with Crippen molar-refractivity contribution in [2.24, 2.45) is 0 Å². The van der Waals surface area contributed by atoms with Crippen molar-refractivity contribution in [3.63, 3.8) is 0 Å². The summed E-state index contributed by atoms with van der Waals surface area (Å²) in [6.07, 6.45) is 0. The first-order valence-corrected chi connectivity index (χ1v) is 9.89. The van der Waals surface area contributed by atoms with Gasteiger partial charge in [0.2, 0.25) is 0 Å². The molecule has 4 aromatic carbocycles. The highest BCUT2D eigenvalue weighted by molar-refractivity contribution is 6.22. The van der Waals surface area contributed by atoms with Gasteiger partial charge in [-0.3, -0.25) is 14.5 Å². The van der Waals surface area contributed by atoms with Crippen molar-refractivity contribution in [1.29, 1.82) is 0 Å². The van der Waals surface area contributed by atoms with Crippen molar-refractivity contribution in [3.05, 3.63) is 143 Å². The van der Waals surface area contributed by atoms with Gasteiger partial charge in [0.15, 0.2) is 0 Å². The molecule has 4 aromatic rings. The molecule has 0 saturated carbocycles. The lowest BCUT2D eigenvalue weighted by Crippen LogP contribution is -2.51. The van der Waals surface area contributed by atoms with Gasteiger partial charge in [0.25, 0.3) is 11.8 Å². The van der Waals surface area contributed by atoms with Gasteiger partial charge in [-0.15, -0.1) is 0 Å². The smallest absolute Gasteiger partial charge is 0.262 e. The zero-order chi connectivity index (χ0) is 20.6. The van der Waals surface area contributed by atoms with Crippen LogP contribution >= 0.6 is 0 Å². The fourth-order valence-electron chi connectivity index (χ4n) is 4.42. The summed E-state index contributed by atoms with van der Waals surface area (Å²) in [5.74, 6) is -0.570. The average molecular weight is 389 g/mol. The SMILES string of the molecule is O=C1c2ccccc2C(=O)N1C(c1ccccc1)(c1ccccc1)c1ccccc1. The van der Waals surface area contributed by atoms with E-state index >= 15 is 0 Å². The molecule has 0 aliphatic carbocycles. The Morgan fingerprint density at radius 1 is 0.433 bits per heavy atom. The van der Waals surface area contributed by atoms with Crippen LogP contribution in [0.2, 0.25) is 0 Å². The summed E-state index contributed by atoms with van der Waals surface area (Å²) < 4.78 is 0. The number of carbonyl (C=O) groups excluding carboxylic acids is 2. The van der Waals surface area contributed by atoms with Crippen LogP contribution in [-0.2, 0) is 5.54 Å². The maximum atomic E-state index is 13.7. The fourth-order valence-corrected chi connectivity index (χ4v) is 4.42. The monoisotopic (exact) mass is 389 g/mol. The predicted octanol–water partition coefficient (Wildman–Crippen LogP) is 5.27.